The largest absolute Gasteiger partial charge is 0.489 e. The van der Waals surface area contributed by atoms with Crippen molar-refractivity contribution in [1.29, 1.82) is 0 Å². The van der Waals surface area contributed by atoms with Crippen molar-refractivity contribution in [3.8, 4) is 11.6 Å². The van der Waals surface area contributed by atoms with E-state index in [4.69, 9.17) is 20.3 Å². The van der Waals surface area contributed by atoms with Gasteiger partial charge in [-0.25, -0.2) is 4.98 Å². The molecular formula is C7H11N3O3. The van der Waals surface area contributed by atoms with Gasteiger partial charge in [-0.15, -0.1) is 0 Å². The molecule has 1 heterocycles. The van der Waals surface area contributed by atoms with Gasteiger partial charge in [-0.3, -0.25) is 0 Å². The molecule has 13 heavy (non-hydrogen) atoms. The van der Waals surface area contributed by atoms with Crippen LogP contribution in [0.4, 0.5) is 5.82 Å². The molecule has 0 aliphatic heterocycles. The summed E-state index contributed by atoms with van der Waals surface area (Å²) in [5.74, 6) is 0.741. The molecular weight excluding hydrogens is 174 g/mol. The van der Waals surface area contributed by atoms with Crippen molar-refractivity contribution in [1.82, 2.24) is 9.97 Å². The minimum absolute atomic E-state index is 0.0902. The Balaban J connectivity index is 2.85. The lowest BCUT2D eigenvalue weighted by atomic mass is 10.5. The lowest BCUT2D eigenvalue weighted by Crippen LogP contribution is -2.06. The third-order valence-electron chi connectivity index (χ3n) is 1.33. The summed E-state index contributed by atoms with van der Waals surface area (Å²) in [5, 5.41) is 8.52. The highest BCUT2D eigenvalue weighted by molar-refractivity contribution is 5.51. The molecule has 0 aliphatic carbocycles. The smallest absolute Gasteiger partial charge is 0.262 e. The monoisotopic (exact) mass is 185 g/mol. The predicted octanol–water partition coefficient (Wildman–Crippen LogP) is -0.562. The Morgan fingerprint density at radius 3 is 2.92 bits per heavy atom. The summed E-state index contributed by atoms with van der Waals surface area (Å²) < 4.78 is 9.97. The van der Waals surface area contributed by atoms with E-state index in [1.54, 1.807) is 0 Å². The van der Waals surface area contributed by atoms with Crippen molar-refractivity contribution in [2.75, 3.05) is 26.1 Å². The Labute approximate surface area is 75.3 Å². The second-order valence-corrected chi connectivity index (χ2v) is 2.17. The Bertz CT molecular complexity index is 280. The summed E-state index contributed by atoms with van der Waals surface area (Å²) in [6.07, 6.45) is 1.27. The van der Waals surface area contributed by atoms with Gasteiger partial charge in [-0.2, -0.15) is 4.98 Å². The average Bonchev–Trinajstić information content (AvgIpc) is 2.15. The maximum atomic E-state index is 8.52. The number of methoxy groups -OCH3 is 1. The topological polar surface area (TPSA) is 90.5 Å². The second kappa shape index (κ2) is 4.46. The van der Waals surface area contributed by atoms with Crippen LogP contribution < -0.4 is 15.2 Å². The number of hydrogen-bond acceptors (Lipinski definition) is 6. The van der Waals surface area contributed by atoms with E-state index in [-0.39, 0.29) is 30.7 Å². The van der Waals surface area contributed by atoms with E-state index < -0.39 is 0 Å². The molecule has 0 aliphatic rings. The maximum Gasteiger partial charge on any atom is 0.262 e. The zero-order chi connectivity index (χ0) is 9.68. The molecule has 0 aromatic carbocycles. The molecule has 0 saturated carbocycles. The minimum Gasteiger partial charge on any atom is -0.489 e. The van der Waals surface area contributed by atoms with Crippen LogP contribution >= 0.6 is 0 Å². The number of ether oxygens (including phenoxy) is 2. The molecule has 6 nitrogen and oxygen atoms in total. The molecule has 3 N–H and O–H groups in total. The van der Waals surface area contributed by atoms with Gasteiger partial charge >= 0.3 is 0 Å². The molecule has 0 fully saturated rings. The fourth-order valence-corrected chi connectivity index (χ4v) is 0.807. The maximum absolute atomic E-state index is 8.52. The van der Waals surface area contributed by atoms with Gasteiger partial charge in [0.15, 0.2) is 5.82 Å². The zero-order valence-electron chi connectivity index (χ0n) is 7.23. The molecule has 0 spiro atoms. The van der Waals surface area contributed by atoms with Gasteiger partial charge in [0.05, 0.1) is 13.7 Å². The second-order valence-electron chi connectivity index (χ2n) is 2.17. The van der Waals surface area contributed by atoms with Crippen LogP contribution in [-0.2, 0) is 0 Å². The number of nitrogen functional groups attached to an aromatic ring is 1. The lowest BCUT2D eigenvalue weighted by molar-refractivity contribution is 0.191. The average molecular weight is 185 g/mol. The van der Waals surface area contributed by atoms with E-state index in [1.807, 2.05) is 0 Å². The molecule has 0 saturated heterocycles. The summed E-state index contributed by atoms with van der Waals surface area (Å²) in [6.45, 7) is 0.0554. The van der Waals surface area contributed by atoms with Crippen LogP contribution in [0.1, 0.15) is 0 Å². The first kappa shape index (κ1) is 9.53. The van der Waals surface area contributed by atoms with Gasteiger partial charge in [0.2, 0.25) is 5.75 Å². The number of nitrogens with zero attached hydrogens (tertiary/aromatic N) is 2. The van der Waals surface area contributed by atoms with Crippen LogP contribution in [0.3, 0.4) is 0 Å². The van der Waals surface area contributed by atoms with Crippen molar-refractivity contribution in [3.05, 3.63) is 6.33 Å². The van der Waals surface area contributed by atoms with E-state index in [0.717, 1.165) is 0 Å². The molecule has 1 rings (SSSR count). The van der Waals surface area contributed by atoms with Gasteiger partial charge < -0.3 is 20.3 Å². The van der Waals surface area contributed by atoms with Crippen molar-refractivity contribution >= 4 is 5.82 Å². The highest BCUT2D eigenvalue weighted by Crippen LogP contribution is 2.28. The molecule has 6 heteroatoms. The Hall–Kier alpha value is -1.56. The summed E-state index contributed by atoms with van der Waals surface area (Å²) in [4.78, 5) is 7.52. The van der Waals surface area contributed by atoms with Gasteiger partial charge in [0.1, 0.15) is 12.9 Å². The molecule has 1 aromatic heterocycles. The number of aliphatic hydroxyl groups is 1. The first-order valence-electron chi connectivity index (χ1n) is 3.67. The van der Waals surface area contributed by atoms with E-state index in [2.05, 4.69) is 9.97 Å². The van der Waals surface area contributed by atoms with Crippen molar-refractivity contribution in [3.63, 3.8) is 0 Å². The summed E-state index contributed by atoms with van der Waals surface area (Å²) in [7, 11) is 1.45. The fourth-order valence-electron chi connectivity index (χ4n) is 0.807. The van der Waals surface area contributed by atoms with Crippen LogP contribution in [0.25, 0.3) is 0 Å². The zero-order valence-corrected chi connectivity index (χ0v) is 7.23. The molecule has 0 unspecified atom stereocenters. The quantitative estimate of drug-likeness (QED) is 0.653. The summed E-state index contributed by atoms with van der Waals surface area (Å²) >= 11 is 0. The minimum atomic E-state index is -0.0902. The molecule has 0 atom stereocenters. The summed E-state index contributed by atoms with van der Waals surface area (Å²) in [5.41, 5.74) is 5.49. The number of rotatable bonds is 4. The van der Waals surface area contributed by atoms with E-state index >= 15 is 0 Å². The van der Waals surface area contributed by atoms with Crippen LogP contribution in [-0.4, -0.2) is 35.4 Å². The van der Waals surface area contributed by atoms with E-state index in [1.165, 1.54) is 13.4 Å². The lowest BCUT2D eigenvalue weighted by Gasteiger charge is -2.08. The van der Waals surface area contributed by atoms with E-state index in [9.17, 15) is 0 Å². The molecule has 0 bridgehead atoms. The van der Waals surface area contributed by atoms with Crippen LogP contribution in [0.2, 0.25) is 0 Å². The van der Waals surface area contributed by atoms with Gasteiger partial charge in [-0.05, 0) is 0 Å². The Kier molecular flexibility index (Phi) is 3.27. The Morgan fingerprint density at radius 2 is 2.31 bits per heavy atom. The van der Waals surface area contributed by atoms with Crippen LogP contribution in [0.15, 0.2) is 6.33 Å². The van der Waals surface area contributed by atoms with E-state index in [0.29, 0.717) is 0 Å². The first-order chi connectivity index (χ1) is 6.29. The highest BCUT2D eigenvalue weighted by Gasteiger charge is 2.09. The molecule has 1 aromatic rings. The number of aromatic nitrogens is 2. The number of anilines is 1. The van der Waals surface area contributed by atoms with Crippen molar-refractivity contribution in [2.45, 2.75) is 0 Å². The van der Waals surface area contributed by atoms with Crippen molar-refractivity contribution < 1.29 is 14.6 Å². The molecule has 72 valence electrons. The van der Waals surface area contributed by atoms with Gasteiger partial charge in [0, 0.05) is 0 Å². The fraction of sp³-hybridized carbons (Fsp3) is 0.429. The van der Waals surface area contributed by atoms with Crippen LogP contribution in [0, 0.1) is 0 Å². The third-order valence-corrected chi connectivity index (χ3v) is 1.33. The molecule has 0 amide bonds. The number of hydrogen-bond donors (Lipinski definition) is 2. The standard InChI is InChI=1S/C7H11N3O3/c1-12-5-6(8)9-4-10-7(5)13-3-2-11/h4,11H,2-3H2,1H3,(H2,8,9,10). The highest BCUT2D eigenvalue weighted by atomic mass is 16.5. The van der Waals surface area contributed by atoms with Crippen LogP contribution in [0.5, 0.6) is 11.6 Å². The summed E-state index contributed by atoms with van der Waals surface area (Å²) in [6, 6.07) is 0. The van der Waals surface area contributed by atoms with Gasteiger partial charge in [-0.1, -0.05) is 0 Å². The van der Waals surface area contributed by atoms with Crippen molar-refractivity contribution in [2.24, 2.45) is 0 Å². The van der Waals surface area contributed by atoms with Gasteiger partial charge in [0.25, 0.3) is 5.88 Å². The Morgan fingerprint density at radius 1 is 1.54 bits per heavy atom. The predicted molar refractivity (Wildman–Crippen MR) is 45.6 cm³/mol. The normalized spacial score (nSPS) is 9.69. The third kappa shape index (κ3) is 2.19. The SMILES string of the molecule is COc1c(N)ncnc1OCCO. The first-order valence-corrected chi connectivity index (χ1v) is 3.67. The molecule has 0 radical (unpaired) electrons. The number of nitrogens with two attached hydrogens (primary N) is 1. The number of aliphatic hydroxyl groups excluding tert-OH is 1.